The van der Waals surface area contributed by atoms with Crippen LogP contribution in [0.1, 0.15) is 15.9 Å². The Balaban J connectivity index is 1.27. The molecule has 1 amide bonds. The van der Waals surface area contributed by atoms with E-state index in [0.29, 0.717) is 82.8 Å². The van der Waals surface area contributed by atoms with Gasteiger partial charge < -0.3 is 30.0 Å². The van der Waals surface area contributed by atoms with E-state index in [1.807, 2.05) is 6.20 Å². The van der Waals surface area contributed by atoms with Crippen molar-refractivity contribution in [2.45, 2.75) is 6.18 Å². The fourth-order valence-corrected chi connectivity index (χ4v) is 4.28. The Morgan fingerprint density at radius 3 is 2.10 bits per heavy atom. The summed E-state index contributed by atoms with van der Waals surface area (Å²) in [5, 5.41) is 8.89. The van der Waals surface area contributed by atoms with Crippen molar-refractivity contribution in [3.05, 3.63) is 59.8 Å². The van der Waals surface area contributed by atoms with Gasteiger partial charge in [-0.25, -0.2) is 0 Å². The predicted molar refractivity (Wildman–Crippen MR) is 147 cm³/mol. The Hall–Kier alpha value is -3.49. The van der Waals surface area contributed by atoms with Gasteiger partial charge in [0, 0.05) is 48.4 Å². The standard InChI is InChI=1S/C28H34F3N5O5/c1-35-19-24-23-18-20(27(37)33-9-11-39-13-15-41-17-16-40-14-12-38-10-8-32)2-7-25(23)36(26(24)34-35)22-5-3-21(4-6-22)28(29,30)31/h2-7,18-19H,8-17,32H2,1H3,(H,33,37). The Kier molecular flexibility index (Phi) is 10.7. The number of fused-ring (bicyclic) bond motifs is 3. The minimum absolute atomic E-state index is 0.265. The molecule has 2 aromatic carbocycles. The van der Waals surface area contributed by atoms with Crippen LogP contribution in [0.3, 0.4) is 0 Å². The van der Waals surface area contributed by atoms with Crippen LogP contribution in [-0.4, -0.2) is 86.2 Å². The zero-order valence-corrected chi connectivity index (χ0v) is 22.8. The fraction of sp³-hybridized carbons (Fsp3) is 0.429. The van der Waals surface area contributed by atoms with Crippen molar-refractivity contribution in [2.24, 2.45) is 12.8 Å². The average molecular weight is 578 g/mol. The van der Waals surface area contributed by atoms with Crippen molar-refractivity contribution < 1.29 is 36.9 Å². The average Bonchev–Trinajstić information content (AvgIpc) is 3.47. The molecular weight excluding hydrogens is 543 g/mol. The second-order valence-electron chi connectivity index (χ2n) is 9.15. The van der Waals surface area contributed by atoms with Crippen LogP contribution >= 0.6 is 0 Å². The molecule has 0 unspecified atom stereocenters. The van der Waals surface area contributed by atoms with Crippen molar-refractivity contribution >= 4 is 27.8 Å². The van der Waals surface area contributed by atoms with Crippen molar-refractivity contribution in [3.8, 4) is 5.69 Å². The summed E-state index contributed by atoms with van der Waals surface area (Å²) in [6.45, 7) is 4.35. The molecule has 0 spiro atoms. The maximum atomic E-state index is 13.1. The zero-order chi connectivity index (χ0) is 29.2. The summed E-state index contributed by atoms with van der Waals surface area (Å²) in [4.78, 5) is 12.8. The van der Waals surface area contributed by atoms with Crippen LogP contribution in [0.2, 0.25) is 0 Å². The van der Waals surface area contributed by atoms with Gasteiger partial charge in [-0.2, -0.15) is 18.3 Å². The molecule has 0 aliphatic carbocycles. The van der Waals surface area contributed by atoms with Gasteiger partial charge in [0.25, 0.3) is 5.91 Å². The van der Waals surface area contributed by atoms with Gasteiger partial charge in [-0.3, -0.25) is 14.0 Å². The van der Waals surface area contributed by atoms with Gasteiger partial charge in [0.1, 0.15) is 0 Å². The highest BCUT2D eigenvalue weighted by Crippen LogP contribution is 2.34. The molecule has 41 heavy (non-hydrogen) atoms. The Labute approximate surface area is 235 Å². The minimum atomic E-state index is -4.42. The number of rotatable bonds is 16. The second kappa shape index (κ2) is 14.4. The largest absolute Gasteiger partial charge is 0.416 e. The van der Waals surface area contributed by atoms with E-state index < -0.39 is 11.7 Å². The molecule has 10 nitrogen and oxygen atoms in total. The number of aromatic nitrogens is 3. The predicted octanol–water partition coefficient (Wildman–Crippen LogP) is 3.29. The normalized spacial score (nSPS) is 12.0. The highest BCUT2D eigenvalue weighted by molar-refractivity contribution is 6.10. The molecule has 0 saturated carbocycles. The van der Waals surface area contributed by atoms with E-state index >= 15 is 0 Å². The number of halogens is 3. The third kappa shape index (κ3) is 8.05. The van der Waals surface area contributed by atoms with Crippen LogP contribution in [0.5, 0.6) is 0 Å². The molecular formula is C28H34F3N5O5. The van der Waals surface area contributed by atoms with Crippen molar-refractivity contribution in [1.29, 1.82) is 0 Å². The molecule has 222 valence electrons. The van der Waals surface area contributed by atoms with Crippen LogP contribution in [0, 0.1) is 0 Å². The number of ether oxygens (including phenoxy) is 4. The molecule has 2 aromatic heterocycles. The number of nitrogens with one attached hydrogen (secondary N) is 1. The maximum Gasteiger partial charge on any atom is 0.416 e. The third-order valence-corrected chi connectivity index (χ3v) is 6.17. The van der Waals surface area contributed by atoms with Gasteiger partial charge in [0.2, 0.25) is 0 Å². The molecule has 0 aliphatic heterocycles. The number of nitrogens with two attached hydrogens (primary N) is 1. The first-order valence-corrected chi connectivity index (χ1v) is 13.2. The van der Waals surface area contributed by atoms with Gasteiger partial charge in [0.05, 0.1) is 63.9 Å². The lowest BCUT2D eigenvalue weighted by molar-refractivity contribution is -0.137. The first kappa shape index (κ1) is 30.5. The summed E-state index contributed by atoms with van der Waals surface area (Å²) in [6.07, 6.45) is -2.60. The summed E-state index contributed by atoms with van der Waals surface area (Å²) in [6, 6.07) is 10.1. The molecule has 3 N–H and O–H groups in total. The maximum absolute atomic E-state index is 13.1. The number of aryl methyl sites for hydroxylation is 1. The van der Waals surface area contributed by atoms with Crippen molar-refractivity contribution in [2.75, 3.05) is 65.9 Å². The van der Waals surface area contributed by atoms with Crippen LogP contribution in [-0.2, 0) is 32.2 Å². The van der Waals surface area contributed by atoms with Crippen LogP contribution in [0.25, 0.3) is 27.6 Å². The van der Waals surface area contributed by atoms with E-state index in [4.69, 9.17) is 24.7 Å². The van der Waals surface area contributed by atoms with E-state index in [-0.39, 0.29) is 5.91 Å². The number of amides is 1. The summed E-state index contributed by atoms with van der Waals surface area (Å²) in [7, 11) is 1.76. The fourth-order valence-electron chi connectivity index (χ4n) is 4.28. The quantitative estimate of drug-likeness (QED) is 0.197. The van der Waals surface area contributed by atoms with E-state index in [1.54, 1.807) is 34.5 Å². The van der Waals surface area contributed by atoms with E-state index in [2.05, 4.69) is 10.4 Å². The highest BCUT2D eigenvalue weighted by Gasteiger charge is 2.30. The SMILES string of the molecule is Cn1cc2c3cc(C(=O)NCCOCCOCCOCCOCCN)ccc3n(-c3ccc(C(F)(F)F)cc3)c2n1. The highest BCUT2D eigenvalue weighted by atomic mass is 19.4. The number of carbonyl (C=O) groups excluding carboxylic acids is 1. The number of alkyl halides is 3. The second-order valence-corrected chi connectivity index (χ2v) is 9.15. The molecule has 0 radical (unpaired) electrons. The van der Waals surface area contributed by atoms with Crippen LogP contribution in [0.15, 0.2) is 48.7 Å². The molecule has 2 heterocycles. The Bertz CT molecular complexity index is 1420. The van der Waals surface area contributed by atoms with Crippen molar-refractivity contribution in [1.82, 2.24) is 19.7 Å². The van der Waals surface area contributed by atoms with E-state index in [9.17, 15) is 18.0 Å². The van der Waals surface area contributed by atoms with Crippen LogP contribution in [0.4, 0.5) is 13.2 Å². The molecule has 0 aliphatic rings. The first-order chi connectivity index (χ1) is 19.8. The lowest BCUT2D eigenvalue weighted by atomic mass is 10.1. The lowest BCUT2D eigenvalue weighted by Crippen LogP contribution is -2.27. The molecule has 13 heteroatoms. The number of hydrogen-bond acceptors (Lipinski definition) is 7. The Morgan fingerprint density at radius 2 is 1.49 bits per heavy atom. The minimum Gasteiger partial charge on any atom is -0.378 e. The van der Waals surface area contributed by atoms with E-state index in [1.165, 1.54) is 12.1 Å². The van der Waals surface area contributed by atoms with Crippen molar-refractivity contribution in [3.63, 3.8) is 0 Å². The zero-order valence-electron chi connectivity index (χ0n) is 22.8. The first-order valence-electron chi connectivity index (χ1n) is 13.2. The summed E-state index contributed by atoms with van der Waals surface area (Å²) < 4.78 is 64.1. The number of hydrogen-bond donors (Lipinski definition) is 2. The molecule has 0 fully saturated rings. The van der Waals surface area contributed by atoms with Gasteiger partial charge in [0.15, 0.2) is 5.65 Å². The van der Waals surface area contributed by atoms with Gasteiger partial charge in [-0.15, -0.1) is 0 Å². The third-order valence-electron chi connectivity index (χ3n) is 6.17. The Morgan fingerprint density at radius 1 is 0.878 bits per heavy atom. The van der Waals surface area contributed by atoms with Gasteiger partial charge in [-0.1, -0.05) is 0 Å². The molecule has 4 rings (SSSR count). The van der Waals surface area contributed by atoms with E-state index in [0.717, 1.165) is 28.4 Å². The molecule has 0 bridgehead atoms. The molecule has 0 atom stereocenters. The smallest absolute Gasteiger partial charge is 0.378 e. The topological polar surface area (TPSA) is 115 Å². The summed E-state index contributed by atoms with van der Waals surface area (Å²) >= 11 is 0. The monoisotopic (exact) mass is 577 g/mol. The number of nitrogens with zero attached hydrogens (tertiary/aromatic N) is 3. The van der Waals surface area contributed by atoms with Gasteiger partial charge >= 0.3 is 6.18 Å². The summed E-state index contributed by atoms with van der Waals surface area (Å²) in [5.74, 6) is -0.265. The molecule has 0 saturated heterocycles. The summed E-state index contributed by atoms with van der Waals surface area (Å²) in [5.41, 5.74) is 6.90. The number of carbonyl (C=O) groups is 1. The van der Waals surface area contributed by atoms with Crippen LogP contribution < -0.4 is 11.1 Å². The number of benzene rings is 2. The lowest BCUT2D eigenvalue weighted by Gasteiger charge is -2.10. The van der Waals surface area contributed by atoms with Gasteiger partial charge in [-0.05, 0) is 42.5 Å². The molecule has 4 aromatic rings.